The first-order valence-electron chi connectivity index (χ1n) is 7.81. The lowest BCUT2D eigenvalue weighted by atomic mass is 10.2. The molecule has 0 unspecified atom stereocenters. The summed E-state index contributed by atoms with van der Waals surface area (Å²) in [7, 11) is 0. The van der Waals surface area contributed by atoms with Crippen molar-refractivity contribution in [2.75, 3.05) is 12.4 Å². The molecule has 2 aromatic carbocycles. The minimum Gasteiger partial charge on any atom is -0.390 e. The number of para-hydroxylation sites is 1. The van der Waals surface area contributed by atoms with Crippen LogP contribution in [0.5, 0.6) is 0 Å². The molecular weight excluding hydrogens is 358 g/mol. The van der Waals surface area contributed by atoms with E-state index in [1.165, 1.54) is 11.8 Å². The predicted octanol–water partition coefficient (Wildman–Crippen LogP) is 3.59. The summed E-state index contributed by atoms with van der Waals surface area (Å²) in [5.41, 5.74) is 1.90. The molecule has 0 fully saturated rings. The van der Waals surface area contributed by atoms with Gasteiger partial charge in [-0.25, -0.2) is 0 Å². The van der Waals surface area contributed by atoms with Gasteiger partial charge in [-0.2, -0.15) is 0 Å². The summed E-state index contributed by atoms with van der Waals surface area (Å²) in [5, 5.41) is 19.6. The van der Waals surface area contributed by atoms with Crippen molar-refractivity contribution in [1.29, 1.82) is 0 Å². The van der Waals surface area contributed by atoms with Crippen LogP contribution in [0.4, 0.5) is 0 Å². The van der Waals surface area contributed by atoms with Crippen molar-refractivity contribution in [3.8, 4) is 5.69 Å². The molecule has 0 saturated heterocycles. The minimum atomic E-state index is -0.603. The summed E-state index contributed by atoms with van der Waals surface area (Å²) >= 11 is 7.52. The highest BCUT2D eigenvalue weighted by molar-refractivity contribution is 7.99. The van der Waals surface area contributed by atoms with E-state index >= 15 is 0 Å². The van der Waals surface area contributed by atoms with Gasteiger partial charge in [0.05, 0.1) is 19.3 Å². The van der Waals surface area contributed by atoms with Crippen LogP contribution in [0.15, 0.2) is 66.1 Å². The van der Waals surface area contributed by atoms with Gasteiger partial charge in [-0.3, -0.25) is 4.57 Å². The molecule has 0 saturated carbocycles. The first kappa shape index (κ1) is 17.9. The van der Waals surface area contributed by atoms with Gasteiger partial charge in [0.1, 0.15) is 6.33 Å². The normalized spacial score (nSPS) is 12.2. The number of halogens is 1. The third-order valence-corrected chi connectivity index (χ3v) is 4.94. The first-order valence-corrected chi connectivity index (χ1v) is 9.18. The van der Waals surface area contributed by atoms with E-state index in [9.17, 15) is 5.11 Å². The Hall–Kier alpha value is -1.86. The van der Waals surface area contributed by atoms with Gasteiger partial charge in [-0.1, -0.05) is 59.8 Å². The topological polar surface area (TPSA) is 60.2 Å². The van der Waals surface area contributed by atoms with Crippen molar-refractivity contribution < 1.29 is 9.84 Å². The molecule has 130 valence electrons. The molecule has 1 aromatic heterocycles. The number of hydrogen-bond acceptors (Lipinski definition) is 5. The van der Waals surface area contributed by atoms with Crippen LogP contribution in [0, 0.1) is 0 Å². The molecule has 1 atom stereocenters. The van der Waals surface area contributed by atoms with E-state index in [4.69, 9.17) is 16.3 Å². The maximum Gasteiger partial charge on any atom is 0.195 e. The van der Waals surface area contributed by atoms with Gasteiger partial charge >= 0.3 is 0 Å². The zero-order chi connectivity index (χ0) is 17.5. The third-order valence-electron chi connectivity index (χ3n) is 3.48. The van der Waals surface area contributed by atoms with E-state index < -0.39 is 6.10 Å². The van der Waals surface area contributed by atoms with Crippen LogP contribution in [0.2, 0.25) is 5.02 Å². The predicted molar refractivity (Wildman–Crippen MR) is 99.2 cm³/mol. The quantitative estimate of drug-likeness (QED) is 0.610. The molecule has 25 heavy (non-hydrogen) atoms. The highest BCUT2D eigenvalue weighted by Crippen LogP contribution is 2.20. The zero-order valence-corrected chi connectivity index (χ0v) is 15.0. The average Bonchev–Trinajstić information content (AvgIpc) is 3.11. The van der Waals surface area contributed by atoms with Crippen molar-refractivity contribution in [2.45, 2.75) is 17.9 Å². The molecule has 5 nitrogen and oxygen atoms in total. The Kier molecular flexibility index (Phi) is 6.47. The van der Waals surface area contributed by atoms with Crippen LogP contribution < -0.4 is 0 Å². The van der Waals surface area contributed by atoms with Crippen LogP contribution in [-0.2, 0) is 11.3 Å². The van der Waals surface area contributed by atoms with Crippen molar-refractivity contribution in [1.82, 2.24) is 14.8 Å². The number of thioether (sulfide) groups is 1. The van der Waals surface area contributed by atoms with Gasteiger partial charge in [-0.15, -0.1) is 10.2 Å². The molecule has 3 rings (SSSR count). The van der Waals surface area contributed by atoms with Gasteiger partial charge in [0, 0.05) is 16.5 Å². The fourth-order valence-corrected chi connectivity index (χ4v) is 3.25. The van der Waals surface area contributed by atoms with Gasteiger partial charge in [-0.05, 0) is 23.8 Å². The van der Waals surface area contributed by atoms with E-state index in [0.29, 0.717) is 17.4 Å². The maximum absolute atomic E-state index is 10.1. The van der Waals surface area contributed by atoms with Crippen LogP contribution >= 0.6 is 23.4 Å². The molecule has 7 heteroatoms. The maximum atomic E-state index is 10.1. The van der Waals surface area contributed by atoms with E-state index in [-0.39, 0.29) is 6.61 Å². The highest BCUT2D eigenvalue weighted by atomic mass is 35.5. The third kappa shape index (κ3) is 5.06. The first-order chi connectivity index (χ1) is 12.2. The number of aromatic nitrogens is 3. The number of rotatable bonds is 8. The number of aliphatic hydroxyl groups excluding tert-OH is 1. The van der Waals surface area contributed by atoms with E-state index in [1.54, 1.807) is 6.33 Å². The SMILES string of the molecule is O[C@@H](COCc1ccccc1Cl)CSc1nncn1-c1ccccc1. The molecule has 3 aromatic rings. The van der Waals surface area contributed by atoms with Crippen LogP contribution in [0.25, 0.3) is 5.69 Å². The lowest BCUT2D eigenvalue weighted by Crippen LogP contribution is -2.18. The molecule has 1 N–H and O–H groups in total. The Labute approximate surface area is 155 Å². The summed E-state index contributed by atoms with van der Waals surface area (Å²) in [4.78, 5) is 0. The van der Waals surface area contributed by atoms with Crippen LogP contribution in [0.1, 0.15) is 5.56 Å². The smallest absolute Gasteiger partial charge is 0.195 e. The second-order valence-corrected chi connectivity index (χ2v) is 6.78. The number of benzene rings is 2. The molecule has 0 spiro atoms. The van der Waals surface area contributed by atoms with E-state index in [0.717, 1.165) is 16.4 Å². The molecule has 0 amide bonds. The summed E-state index contributed by atoms with van der Waals surface area (Å²) < 4.78 is 7.45. The van der Waals surface area contributed by atoms with Gasteiger partial charge < -0.3 is 9.84 Å². The largest absolute Gasteiger partial charge is 0.390 e. The molecule has 0 aliphatic heterocycles. The summed E-state index contributed by atoms with van der Waals surface area (Å²) in [5.74, 6) is 0.466. The van der Waals surface area contributed by atoms with Gasteiger partial charge in [0.15, 0.2) is 5.16 Å². The Bertz CT molecular complexity index is 798. The van der Waals surface area contributed by atoms with E-state index in [1.807, 2.05) is 59.2 Å². The minimum absolute atomic E-state index is 0.234. The zero-order valence-electron chi connectivity index (χ0n) is 13.5. The molecule has 0 aliphatic carbocycles. The van der Waals surface area contributed by atoms with Crippen molar-refractivity contribution in [3.05, 3.63) is 71.5 Å². The molecule has 0 bridgehead atoms. The fourth-order valence-electron chi connectivity index (χ4n) is 2.23. The van der Waals surface area contributed by atoms with Crippen molar-refractivity contribution in [2.24, 2.45) is 0 Å². The molecule has 0 aliphatic rings. The lowest BCUT2D eigenvalue weighted by molar-refractivity contribution is 0.0398. The van der Waals surface area contributed by atoms with E-state index in [2.05, 4.69) is 10.2 Å². The molecule has 0 radical (unpaired) electrons. The van der Waals surface area contributed by atoms with Crippen molar-refractivity contribution in [3.63, 3.8) is 0 Å². The second kappa shape index (κ2) is 9.01. The average molecular weight is 376 g/mol. The number of hydrogen-bond donors (Lipinski definition) is 1. The number of aliphatic hydroxyl groups is 1. The Balaban J connectivity index is 1.48. The fraction of sp³-hybridized carbons (Fsp3) is 0.222. The number of nitrogens with zero attached hydrogens (tertiary/aromatic N) is 3. The van der Waals surface area contributed by atoms with Crippen molar-refractivity contribution >= 4 is 23.4 Å². The summed E-state index contributed by atoms with van der Waals surface area (Å²) in [6, 6.07) is 17.4. The van der Waals surface area contributed by atoms with Crippen LogP contribution in [0.3, 0.4) is 0 Å². The Morgan fingerprint density at radius 1 is 1.12 bits per heavy atom. The molecule has 1 heterocycles. The Morgan fingerprint density at radius 3 is 2.68 bits per heavy atom. The summed E-state index contributed by atoms with van der Waals surface area (Å²) in [6.45, 7) is 0.610. The molecular formula is C18H18ClN3O2S. The summed E-state index contributed by atoms with van der Waals surface area (Å²) in [6.07, 6.45) is 1.06. The van der Waals surface area contributed by atoms with Crippen LogP contribution in [-0.4, -0.2) is 38.3 Å². The monoisotopic (exact) mass is 375 g/mol. The van der Waals surface area contributed by atoms with Gasteiger partial charge in [0.25, 0.3) is 0 Å². The Morgan fingerprint density at radius 2 is 1.88 bits per heavy atom. The van der Waals surface area contributed by atoms with Gasteiger partial charge in [0.2, 0.25) is 0 Å². The number of ether oxygens (including phenoxy) is 1. The standard InChI is InChI=1S/C18H18ClN3O2S/c19-17-9-5-4-6-14(17)10-24-11-16(23)12-25-18-21-20-13-22(18)15-7-2-1-3-8-15/h1-9,13,16,23H,10-12H2/t16-/m0/s1. The highest BCUT2D eigenvalue weighted by Gasteiger charge is 2.11. The second-order valence-electron chi connectivity index (χ2n) is 5.39. The lowest BCUT2D eigenvalue weighted by Gasteiger charge is -2.12.